The molecule has 0 saturated heterocycles. The highest BCUT2D eigenvalue weighted by Gasteiger charge is 2.21. The summed E-state index contributed by atoms with van der Waals surface area (Å²) in [7, 11) is 0. The number of ether oxygens (including phenoxy) is 1. The van der Waals surface area contributed by atoms with Crippen molar-refractivity contribution in [2.45, 2.75) is 25.9 Å². The van der Waals surface area contributed by atoms with Gasteiger partial charge in [-0.2, -0.15) is 11.8 Å². The van der Waals surface area contributed by atoms with Gasteiger partial charge in [-0.3, -0.25) is 0 Å². The minimum Gasteiger partial charge on any atom is -0.474 e. The third-order valence-electron chi connectivity index (χ3n) is 3.89. The summed E-state index contributed by atoms with van der Waals surface area (Å²) in [5, 5.41) is 0. The van der Waals surface area contributed by atoms with Crippen molar-refractivity contribution in [1.82, 2.24) is 4.57 Å². The molecule has 0 spiro atoms. The van der Waals surface area contributed by atoms with Gasteiger partial charge in [0.2, 0.25) is 5.90 Å². The van der Waals surface area contributed by atoms with Gasteiger partial charge in [0.15, 0.2) is 0 Å². The summed E-state index contributed by atoms with van der Waals surface area (Å²) in [6.45, 7) is 3.67. The second-order valence-corrected chi connectivity index (χ2v) is 6.67. The highest BCUT2D eigenvalue weighted by atomic mass is 32.2. The molecule has 0 N–H and O–H groups in total. The molecule has 0 radical (unpaired) electrons. The molecule has 0 bridgehead atoms. The van der Waals surface area contributed by atoms with Crippen LogP contribution in [-0.2, 0) is 11.3 Å². The van der Waals surface area contributed by atoms with Crippen LogP contribution in [0.25, 0.3) is 0 Å². The summed E-state index contributed by atoms with van der Waals surface area (Å²) in [4.78, 5) is 4.74. The highest BCUT2D eigenvalue weighted by molar-refractivity contribution is 7.98. The van der Waals surface area contributed by atoms with Crippen LogP contribution in [-0.4, -0.2) is 35.1 Å². The van der Waals surface area contributed by atoms with Crippen LogP contribution in [0.15, 0.2) is 47.6 Å². The van der Waals surface area contributed by atoms with E-state index in [1.54, 1.807) is 0 Å². The Morgan fingerprint density at radius 1 is 1.27 bits per heavy atom. The fraction of sp³-hybridized carbons (Fsp3) is 0.389. The molecule has 4 heteroatoms. The van der Waals surface area contributed by atoms with E-state index in [2.05, 4.69) is 60.3 Å². The third kappa shape index (κ3) is 3.55. The lowest BCUT2D eigenvalue weighted by atomic mass is 10.1. The molecule has 1 atom stereocenters. The van der Waals surface area contributed by atoms with E-state index in [0.29, 0.717) is 12.6 Å². The lowest BCUT2D eigenvalue weighted by Gasteiger charge is -2.09. The first kappa shape index (κ1) is 15.2. The predicted octanol–water partition coefficient (Wildman–Crippen LogP) is 3.74. The van der Waals surface area contributed by atoms with Crippen LogP contribution in [0.5, 0.6) is 0 Å². The average molecular weight is 314 g/mol. The zero-order chi connectivity index (χ0) is 15.4. The first-order valence-corrected chi connectivity index (χ1v) is 9.06. The molecule has 116 valence electrons. The summed E-state index contributed by atoms with van der Waals surface area (Å²) in [5.74, 6) is 1.93. The Balaban J connectivity index is 1.73. The van der Waals surface area contributed by atoms with Crippen LogP contribution >= 0.6 is 11.8 Å². The molecule has 1 unspecified atom stereocenters. The molecule has 0 saturated carbocycles. The minimum absolute atomic E-state index is 0.310. The van der Waals surface area contributed by atoms with Gasteiger partial charge in [-0.15, -0.1) is 0 Å². The van der Waals surface area contributed by atoms with Crippen LogP contribution in [0.1, 0.15) is 23.2 Å². The number of aromatic nitrogens is 1. The Kier molecular flexibility index (Phi) is 4.88. The van der Waals surface area contributed by atoms with Gasteiger partial charge in [-0.05, 0) is 43.0 Å². The van der Waals surface area contributed by atoms with E-state index in [1.807, 2.05) is 11.8 Å². The molecule has 3 nitrogen and oxygen atoms in total. The van der Waals surface area contributed by atoms with Gasteiger partial charge in [-0.1, -0.05) is 29.8 Å². The largest absolute Gasteiger partial charge is 0.474 e. The van der Waals surface area contributed by atoms with Crippen LogP contribution in [0, 0.1) is 6.92 Å². The van der Waals surface area contributed by atoms with Gasteiger partial charge < -0.3 is 9.30 Å². The minimum atomic E-state index is 0.310. The first-order valence-electron chi connectivity index (χ1n) is 7.67. The number of aliphatic imine (C=N–C) groups is 1. The lowest BCUT2D eigenvalue weighted by molar-refractivity contribution is 0.314. The zero-order valence-electron chi connectivity index (χ0n) is 13.2. The van der Waals surface area contributed by atoms with E-state index in [9.17, 15) is 0 Å². The standard InChI is InChI=1S/C18H22N2OS/c1-14-5-7-15(8-6-14)12-20-10-3-4-17(20)18-19-16(13-21-18)9-11-22-2/h3-8,10,16H,9,11-13H2,1-2H3. The molecule has 22 heavy (non-hydrogen) atoms. The zero-order valence-corrected chi connectivity index (χ0v) is 14.0. The Bertz CT molecular complexity index is 645. The van der Waals surface area contributed by atoms with Gasteiger partial charge >= 0.3 is 0 Å². The first-order chi connectivity index (χ1) is 10.8. The second-order valence-electron chi connectivity index (χ2n) is 5.69. The molecule has 0 fully saturated rings. The summed E-state index contributed by atoms with van der Waals surface area (Å²) in [6, 6.07) is 13.1. The molecule has 0 amide bonds. The Hall–Kier alpha value is -1.68. The monoisotopic (exact) mass is 314 g/mol. The molecule has 2 aromatic rings. The van der Waals surface area contributed by atoms with Crippen LogP contribution in [0.3, 0.4) is 0 Å². The summed E-state index contributed by atoms with van der Waals surface area (Å²) in [5.41, 5.74) is 3.66. The number of benzene rings is 1. The summed E-state index contributed by atoms with van der Waals surface area (Å²) >= 11 is 1.86. The lowest BCUT2D eigenvalue weighted by Crippen LogP contribution is -2.10. The van der Waals surface area contributed by atoms with Gasteiger partial charge in [0.05, 0.1) is 6.04 Å². The van der Waals surface area contributed by atoms with Crippen molar-refractivity contribution in [3.8, 4) is 0 Å². The number of nitrogens with zero attached hydrogens (tertiary/aromatic N) is 2. The number of thioether (sulfide) groups is 1. The molecule has 1 aliphatic heterocycles. The van der Waals surface area contributed by atoms with Gasteiger partial charge in [0.25, 0.3) is 0 Å². The highest BCUT2D eigenvalue weighted by Crippen LogP contribution is 2.17. The van der Waals surface area contributed by atoms with Crippen molar-refractivity contribution < 1.29 is 4.74 Å². The topological polar surface area (TPSA) is 26.5 Å². The van der Waals surface area contributed by atoms with E-state index in [4.69, 9.17) is 9.73 Å². The second kappa shape index (κ2) is 7.05. The number of rotatable bonds is 6. The molecule has 1 aromatic heterocycles. The molecule has 3 rings (SSSR count). The van der Waals surface area contributed by atoms with E-state index in [-0.39, 0.29) is 0 Å². The van der Waals surface area contributed by atoms with Crippen LogP contribution < -0.4 is 0 Å². The van der Waals surface area contributed by atoms with E-state index in [0.717, 1.165) is 30.3 Å². The fourth-order valence-electron chi connectivity index (χ4n) is 2.59. The number of hydrogen-bond acceptors (Lipinski definition) is 3. The number of aryl methyl sites for hydroxylation is 1. The Labute approximate surface area is 136 Å². The molecule has 2 heterocycles. The van der Waals surface area contributed by atoms with Gasteiger partial charge in [0.1, 0.15) is 12.3 Å². The van der Waals surface area contributed by atoms with Crippen molar-refractivity contribution in [3.63, 3.8) is 0 Å². The molecule has 1 aliphatic rings. The van der Waals surface area contributed by atoms with Crippen molar-refractivity contribution >= 4 is 17.7 Å². The van der Waals surface area contributed by atoms with Crippen molar-refractivity contribution in [3.05, 3.63) is 59.4 Å². The average Bonchev–Trinajstić information content (AvgIpc) is 3.16. The maximum absolute atomic E-state index is 5.82. The third-order valence-corrected chi connectivity index (χ3v) is 4.53. The molecular formula is C18H22N2OS. The maximum atomic E-state index is 5.82. The maximum Gasteiger partial charge on any atom is 0.233 e. The van der Waals surface area contributed by atoms with Gasteiger partial charge in [0, 0.05) is 12.7 Å². The SMILES string of the molecule is CSCCC1COC(c2cccn2Cc2ccc(C)cc2)=N1. The Morgan fingerprint density at radius 2 is 2.09 bits per heavy atom. The predicted molar refractivity (Wildman–Crippen MR) is 94.0 cm³/mol. The van der Waals surface area contributed by atoms with Crippen molar-refractivity contribution in [2.24, 2.45) is 4.99 Å². The normalized spacial score (nSPS) is 17.4. The van der Waals surface area contributed by atoms with Crippen molar-refractivity contribution in [1.29, 1.82) is 0 Å². The van der Waals surface area contributed by atoms with E-state index >= 15 is 0 Å². The smallest absolute Gasteiger partial charge is 0.233 e. The molecule has 1 aromatic carbocycles. The Morgan fingerprint density at radius 3 is 2.86 bits per heavy atom. The van der Waals surface area contributed by atoms with E-state index in [1.165, 1.54) is 11.1 Å². The summed E-state index contributed by atoms with van der Waals surface area (Å²) in [6.07, 6.45) is 5.31. The van der Waals surface area contributed by atoms with Crippen LogP contribution in [0.2, 0.25) is 0 Å². The number of hydrogen-bond donors (Lipinski definition) is 0. The summed E-state index contributed by atoms with van der Waals surface area (Å²) < 4.78 is 8.03. The fourth-order valence-corrected chi connectivity index (χ4v) is 3.10. The van der Waals surface area contributed by atoms with Crippen LogP contribution in [0.4, 0.5) is 0 Å². The van der Waals surface area contributed by atoms with E-state index < -0.39 is 0 Å². The molecular weight excluding hydrogens is 292 g/mol. The van der Waals surface area contributed by atoms with Gasteiger partial charge in [-0.25, -0.2) is 4.99 Å². The quantitative estimate of drug-likeness (QED) is 0.812. The van der Waals surface area contributed by atoms with Crippen molar-refractivity contribution in [2.75, 3.05) is 18.6 Å². The molecule has 0 aliphatic carbocycles.